The molecule has 1 aromatic rings. The van der Waals surface area contributed by atoms with Crippen LogP contribution in [0.2, 0.25) is 0 Å². The summed E-state index contributed by atoms with van der Waals surface area (Å²) in [5.41, 5.74) is 3.93. The Balaban J connectivity index is 2.35. The number of nitrogens with one attached hydrogen (secondary N) is 1. The standard InChI is InChI=1S/C11H13FN2O3S/c12-8-3-1-2-4-9(8)14-11(10(13)15)5-6-18(16,17)7-11/h1-4,14H,5-7H2,(H2,13,15). The van der Waals surface area contributed by atoms with E-state index in [0.29, 0.717) is 0 Å². The smallest absolute Gasteiger partial charge is 0.244 e. The molecule has 1 aliphatic heterocycles. The van der Waals surface area contributed by atoms with Crippen LogP contribution >= 0.6 is 0 Å². The zero-order valence-electron chi connectivity index (χ0n) is 9.52. The molecule has 1 heterocycles. The lowest BCUT2D eigenvalue weighted by Crippen LogP contribution is -2.51. The number of para-hydroxylation sites is 1. The molecule has 0 bridgehead atoms. The number of sulfone groups is 1. The lowest BCUT2D eigenvalue weighted by atomic mass is 9.97. The van der Waals surface area contributed by atoms with Crippen LogP contribution in [0.4, 0.5) is 10.1 Å². The Morgan fingerprint density at radius 3 is 2.56 bits per heavy atom. The van der Waals surface area contributed by atoms with Crippen LogP contribution in [0.15, 0.2) is 24.3 Å². The number of hydrogen-bond acceptors (Lipinski definition) is 4. The molecule has 0 radical (unpaired) electrons. The summed E-state index contributed by atoms with van der Waals surface area (Å²) in [5, 5.41) is 2.65. The Morgan fingerprint density at radius 2 is 2.06 bits per heavy atom. The number of carbonyl (C=O) groups is 1. The Labute approximate surface area is 104 Å². The number of hydrogen-bond donors (Lipinski definition) is 2. The molecule has 1 aromatic carbocycles. The van der Waals surface area contributed by atoms with Crippen LogP contribution in [-0.4, -0.2) is 31.4 Å². The van der Waals surface area contributed by atoms with Crippen molar-refractivity contribution in [3.05, 3.63) is 30.1 Å². The van der Waals surface area contributed by atoms with E-state index in [4.69, 9.17) is 5.73 Å². The second-order valence-corrected chi connectivity index (χ2v) is 6.58. The van der Waals surface area contributed by atoms with E-state index in [0.717, 1.165) is 0 Å². The van der Waals surface area contributed by atoms with E-state index < -0.39 is 32.9 Å². The van der Waals surface area contributed by atoms with Crippen LogP contribution < -0.4 is 11.1 Å². The molecule has 0 aromatic heterocycles. The number of anilines is 1. The minimum atomic E-state index is -3.32. The molecule has 1 amide bonds. The van der Waals surface area contributed by atoms with Gasteiger partial charge in [0.2, 0.25) is 5.91 Å². The zero-order chi connectivity index (χ0) is 13.4. The number of carbonyl (C=O) groups excluding carboxylic acids is 1. The lowest BCUT2D eigenvalue weighted by Gasteiger charge is -2.26. The Bertz CT molecular complexity index is 588. The summed E-state index contributed by atoms with van der Waals surface area (Å²) in [6, 6.07) is 5.75. The molecule has 0 saturated carbocycles. The van der Waals surface area contributed by atoms with Crippen LogP contribution in [0.5, 0.6) is 0 Å². The van der Waals surface area contributed by atoms with Crippen molar-refractivity contribution in [3.63, 3.8) is 0 Å². The van der Waals surface area contributed by atoms with Crippen molar-refractivity contribution in [2.24, 2.45) is 5.73 Å². The summed E-state index contributed by atoms with van der Waals surface area (Å²) in [7, 11) is -3.32. The van der Waals surface area contributed by atoms with Crippen molar-refractivity contribution in [2.45, 2.75) is 12.0 Å². The maximum absolute atomic E-state index is 13.5. The largest absolute Gasteiger partial charge is 0.368 e. The SMILES string of the molecule is NC(=O)C1(Nc2ccccc2F)CCS(=O)(=O)C1. The van der Waals surface area contributed by atoms with Gasteiger partial charge in [0.15, 0.2) is 9.84 Å². The highest BCUT2D eigenvalue weighted by Crippen LogP contribution is 2.28. The predicted molar refractivity (Wildman–Crippen MR) is 65.2 cm³/mol. The van der Waals surface area contributed by atoms with Gasteiger partial charge in [-0.2, -0.15) is 0 Å². The first-order valence-electron chi connectivity index (χ1n) is 5.38. The van der Waals surface area contributed by atoms with Gasteiger partial charge >= 0.3 is 0 Å². The van der Waals surface area contributed by atoms with Crippen LogP contribution in [0.3, 0.4) is 0 Å². The third kappa shape index (κ3) is 2.31. The van der Waals surface area contributed by atoms with E-state index in [1.807, 2.05) is 0 Å². The number of amides is 1. The van der Waals surface area contributed by atoms with Gasteiger partial charge in [0.25, 0.3) is 0 Å². The third-order valence-corrected chi connectivity index (χ3v) is 4.78. The quantitative estimate of drug-likeness (QED) is 0.827. The summed E-state index contributed by atoms with van der Waals surface area (Å²) < 4.78 is 36.5. The van der Waals surface area contributed by atoms with Crippen molar-refractivity contribution in [1.82, 2.24) is 0 Å². The molecule has 1 aliphatic rings. The molecule has 1 fully saturated rings. The van der Waals surface area contributed by atoms with Gasteiger partial charge in [-0.1, -0.05) is 12.1 Å². The first-order valence-corrected chi connectivity index (χ1v) is 7.20. The average Bonchev–Trinajstić information content (AvgIpc) is 2.59. The molecule has 0 aliphatic carbocycles. The highest BCUT2D eigenvalue weighted by Gasteiger charge is 2.47. The minimum absolute atomic E-state index is 0.0546. The number of halogens is 1. The molecular formula is C11H13FN2O3S. The van der Waals surface area contributed by atoms with E-state index in [1.165, 1.54) is 18.2 Å². The van der Waals surface area contributed by atoms with Gasteiger partial charge in [-0.25, -0.2) is 12.8 Å². The van der Waals surface area contributed by atoms with E-state index in [9.17, 15) is 17.6 Å². The predicted octanol–water partition coefficient (Wildman–Crippen LogP) is 0.280. The number of benzene rings is 1. The van der Waals surface area contributed by atoms with Crippen molar-refractivity contribution in [2.75, 3.05) is 16.8 Å². The molecule has 98 valence electrons. The summed E-state index contributed by atoms with van der Waals surface area (Å²) in [6.07, 6.45) is 0.0546. The van der Waals surface area contributed by atoms with E-state index in [1.54, 1.807) is 6.07 Å². The molecule has 1 saturated heterocycles. The van der Waals surface area contributed by atoms with Crippen molar-refractivity contribution < 1.29 is 17.6 Å². The summed E-state index contributed by atoms with van der Waals surface area (Å²) >= 11 is 0. The fourth-order valence-electron chi connectivity index (χ4n) is 2.02. The maximum atomic E-state index is 13.5. The van der Waals surface area contributed by atoms with Crippen molar-refractivity contribution in [3.8, 4) is 0 Å². The van der Waals surface area contributed by atoms with Gasteiger partial charge in [0.05, 0.1) is 17.2 Å². The van der Waals surface area contributed by atoms with Gasteiger partial charge in [-0.15, -0.1) is 0 Å². The summed E-state index contributed by atoms with van der Waals surface area (Å²) in [5.74, 6) is -1.87. The van der Waals surface area contributed by atoms with Gasteiger partial charge in [0.1, 0.15) is 11.4 Å². The van der Waals surface area contributed by atoms with Crippen molar-refractivity contribution >= 4 is 21.4 Å². The summed E-state index contributed by atoms with van der Waals surface area (Å²) in [6.45, 7) is 0. The van der Waals surface area contributed by atoms with Crippen LogP contribution in [0.1, 0.15) is 6.42 Å². The van der Waals surface area contributed by atoms with E-state index in [-0.39, 0.29) is 17.9 Å². The highest BCUT2D eigenvalue weighted by molar-refractivity contribution is 7.91. The molecule has 18 heavy (non-hydrogen) atoms. The Kier molecular flexibility index (Phi) is 3.02. The Morgan fingerprint density at radius 1 is 1.39 bits per heavy atom. The molecule has 2 rings (SSSR count). The van der Waals surface area contributed by atoms with Crippen LogP contribution in [0, 0.1) is 5.82 Å². The molecule has 0 spiro atoms. The van der Waals surface area contributed by atoms with Crippen molar-refractivity contribution in [1.29, 1.82) is 0 Å². The zero-order valence-corrected chi connectivity index (χ0v) is 10.3. The van der Waals surface area contributed by atoms with Crippen LogP contribution in [-0.2, 0) is 14.6 Å². The molecule has 3 N–H and O–H groups in total. The number of rotatable bonds is 3. The van der Waals surface area contributed by atoms with Gasteiger partial charge in [-0.3, -0.25) is 4.79 Å². The fraction of sp³-hybridized carbons (Fsp3) is 0.364. The normalized spacial score (nSPS) is 25.8. The topological polar surface area (TPSA) is 89.3 Å². The average molecular weight is 272 g/mol. The maximum Gasteiger partial charge on any atom is 0.244 e. The molecule has 7 heteroatoms. The Hall–Kier alpha value is -1.63. The minimum Gasteiger partial charge on any atom is -0.368 e. The van der Waals surface area contributed by atoms with E-state index >= 15 is 0 Å². The number of primary amides is 1. The molecular weight excluding hydrogens is 259 g/mol. The molecule has 1 atom stereocenters. The first-order chi connectivity index (χ1) is 8.35. The second-order valence-electron chi connectivity index (χ2n) is 4.39. The second kappa shape index (κ2) is 4.24. The van der Waals surface area contributed by atoms with Gasteiger partial charge in [0, 0.05) is 0 Å². The van der Waals surface area contributed by atoms with Gasteiger partial charge < -0.3 is 11.1 Å². The third-order valence-electron chi connectivity index (χ3n) is 3.03. The highest BCUT2D eigenvalue weighted by atomic mass is 32.2. The van der Waals surface area contributed by atoms with Crippen LogP contribution in [0.25, 0.3) is 0 Å². The van der Waals surface area contributed by atoms with E-state index in [2.05, 4.69) is 5.32 Å². The number of nitrogens with two attached hydrogens (primary N) is 1. The monoisotopic (exact) mass is 272 g/mol. The molecule has 1 unspecified atom stereocenters. The summed E-state index contributed by atoms with van der Waals surface area (Å²) in [4.78, 5) is 11.5. The first kappa shape index (κ1) is 12.8. The lowest BCUT2D eigenvalue weighted by molar-refractivity contribution is -0.121. The van der Waals surface area contributed by atoms with Gasteiger partial charge in [-0.05, 0) is 18.6 Å². The molecule has 5 nitrogen and oxygen atoms in total. The fourth-order valence-corrected chi connectivity index (χ4v) is 3.94.